The van der Waals surface area contributed by atoms with Gasteiger partial charge in [-0.2, -0.15) is 19.3 Å². The molecule has 0 fully saturated rings. The summed E-state index contributed by atoms with van der Waals surface area (Å²) in [6.07, 6.45) is 6.87. The summed E-state index contributed by atoms with van der Waals surface area (Å²) in [6, 6.07) is 46.3. The first-order valence-electron chi connectivity index (χ1n) is 18.4. The summed E-state index contributed by atoms with van der Waals surface area (Å²) in [6.45, 7) is 0. The van der Waals surface area contributed by atoms with Gasteiger partial charge in [-0.25, -0.2) is 0 Å². The second kappa shape index (κ2) is 17.3. The monoisotopic (exact) mass is 819 g/mol. The molecule has 8 aromatic rings. The summed E-state index contributed by atoms with van der Waals surface area (Å²) in [4.78, 5) is 12.3. The summed E-state index contributed by atoms with van der Waals surface area (Å²) in [5.41, 5.74) is 10.7. The molecule has 1 aliphatic heterocycles. The molecule has 0 saturated heterocycles. The van der Waals surface area contributed by atoms with Crippen LogP contribution in [0.2, 0.25) is 0 Å². The summed E-state index contributed by atoms with van der Waals surface area (Å²) in [5, 5.41) is 19.9. The molecule has 0 N–H and O–H groups in total. The standard InChI is InChI=1S/C50H25N7S3/c51-30-40(31-52)50-58-48-44(24-19-38-28-36(17-15-34-9-7-25-53-32-34)27-37(29-38)18-16-35-10-8-26-54-33-35)46-47(56-60-55-46)45(49(48)59-50)39-20-22-43(23-21-39)57(41-11-3-1-4-12-41)42-13-5-2-6-14-42/h1-14,20-23,25-29,32-33H. The van der Waals surface area contributed by atoms with Crippen LogP contribution in [0.25, 0.3) is 22.2 Å². The predicted octanol–water partition coefficient (Wildman–Crippen LogP) is 11.3. The Hall–Kier alpha value is -7.88. The zero-order valence-corrected chi connectivity index (χ0v) is 33.7. The Labute approximate surface area is 359 Å². The number of allylic oxidation sites excluding steroid dienone is 1. The van der Waals surface area contributed by atoms with E-state index in [1.54, 1.807) is 24.8 Å². The van der Waals surface area contributed by atoms with Crippen molar-refractivity contribution in [3.63, 3.8) is 0 Å². The lowest BCUT2D eigenvalue weighted by Crippen LogP contribution is -2.09. The van der Waals surface area contributed by atoms with Crippen molar-refractivity contribution in [3.05, 3.63) is 195 Å². The minimum Gasteiger partial charge on any atom is -0.311 e. The van der Waals surface area contributed by atoms with Crippen LogP contribution < -0.4 is 4.90 Å². The Balaban J connectivity index is 1.17. The molecule has 4 heterocycles. The van der Waals surface area contributed by atoms with Crippen molar-refractivity contribution in [1.82, 2.24) is 18.7 Å². The first-order chi connectivity index (χ1) is 29.6. The van der Waals surface area contributed by atoms with Crippen LogP contribution in [0.5, 0.6) is 0 Å². The van der Waals surface area contributed by atoms with E-state index in [1.807, 2.05) is 78.9 Å². The van der Waals surface area contributed by atoms with Crippen LogP contribution in [-0.2, 0) is 0 Å². The molecular weight excluding hydrogens is 795 g/mol. The number of thioether (sulfide) groups is 2. The van der Waals surface area contributed by atoms with Gasteiger partial charge in [0.25, 0.3) is 0 Å². The maximum Gasteiger partial charge on any atom is 0.150 e. The van der Waals surface area contributed by atoms with Crippen LogP contribution in [0.1, 0.15) is 33.4 Å². The minimum atomic E-state index is 0.0444. The summed E-state index contributed by atoms with van der Waals surface area (Å²) < 4.78 is 10.2. The Morgan fingerprint density at radius 1 is 0.500 bits per heavy atom. The van der Waals surface area contributed by atoms with E-state index in [0.717, 1.165) is 72.0 Å². The first-order valence-corrected chi connectivity index (χ1v) is 20.8. The van der Waals surface area contributed by atoms with E-state index in [-0.39, 0.29) is 5.57 Å². The minimum absolute atomic E-state index is 0.0444. The zero-order valence-electron chi connectivity index (χ0n) is 31.3. The molecule has 7 nitrogen and oxygen atoms in total. The second-order valence-electron chi connectivity index (χ2n) is 13.0. The summed E-state index contributed by atoms with van der Waals surface area (Å²) in [7, 11) is 0. The van der Waals surface area contributed by atoms with Gasteiger partial charge in [-0.1, -0.05) is 108 Å². The highest BCUT2D eigenvalue weighted by atomic mass is 32.2. The molecule has 3 aromatic heterocycles. The number of fused-ring (bicyclic) bond motifs is 2. The molecule has 0 saturated carbocycles. The number of hydrogen-bond donors (Lipinski definition) is 0. The van der Waals surface area contributed by atoms with Crippen LogP contribution in [0.3, 0.4) is 0 Å². The van der Waals surface area contributed by atoms with Crippen LogP contribution >= 0.6 is 35.3 Å². The van der Waals surface area contributed by atoms with Gasteiger partial charge in [0.1, 0.15) is 28.7 Å². The van der Waals surface area contributed by atoms with Gasteiger partial charge in [0.2, 0.25) is 0 Å². The van der Waals surface area contributed by atoms with Gasteiger partial charge in [0.15, 0.2) is 0 Å². The SMILES string of the molecule is N#CC(C#N)=C1Sc2c(c(-c3ccc(N(c4ccccc4)c4ccccc4)cc3)c3nsnc3c2C#Cc2cc(C#Cc3cccnc3)cc(C#Cc3cccnc3)c2)S1. The van der Waals surface area contributed by atoms with Crippen molar-refractivity contribution in [2.45, 2.75) is 9.79 Å². The molecule has 0 aliphatic carbocycles. The lowest BCUT2D eigenvalue weighted by molar-refractivity contribution is 1.26. The van der Waals surface area contributed by atoms with E-state index in [2.05, 4.69) is 111 Å². The summed E-state index contributed by atoms with van der Waals surface area (Å²) >= 11 is 3.89. The molecule has 5 aromatic carbocycles. The molecule has 0 radical (unpaired) electrons. The molecule has 0 amide bonds. The molecule has 1 aliphatic rings. The normalized spacial score (nSPS) is 11.1. The first kappa shape index (κ1) is 37.7. The number of pyridine rings is 2. The van der Waals surface area contributed by atoms with Crippen molar-refractivity contribution in [2.75, 3.05) is 4.90 Å². The van der Waals surface area contributed by atoms with Crippen LogP contribution in [0.4, 0.5) is 17.1 Å². The van der Waals surface area contributed by atoms with E-state index in [0.29, 0.717) is 26.4 Å². The van der Waals surface area contributed by atoms with Gasteiger partial charge in [0, 0.05) is 85.0 Å². The molecule has 0 bridgehead atoms. The third-order valence-corrected chi connectivity index (χ3v) is 12.3. The number of hydrogen-bond acceptors (Lipinski definition) is 10. The number of aromatic nitrogens is 4. The predicted molar refractivity (Wildman–Crippen MR) is 240 cm³/mol. The fourth-order valence-electron chi connectivity index (χ4n) is 6.48. The van der Waals surface area contributed by atoms with Gasteiger partial charge in [-0.15, -0.1) is 0 Å². The van der Waals surface area contributed by atoms with Crippen LogP contribution in [-0.4, -0.2) is 18.7 Å². The fraction of sp³-hybridized carbons (Fsp3) is 0. The van der Waals surface area contributed by atoms with Gasteiger partial charge in [-0.05, 0) is 84.4 Å². The third-order valence-electron chi connectivity index (χ3n) is 9.17. The van der Waals surface area contributed by atoms with Crippen molar-refractivity contribution in [1.29, 1.82) is 10.5 Å². The average molecular weight is 820 g/mol. The van der Waals surface area contributed by atoms with Gasteiger partial charge in [0.05, 0.1) is 21.5 Å². The highest BCUT2D eigenvalue weighted by molar-refractivity contribution is 8.24. The molecule has 9 rings (SSSR count). The molecular formula is C50H25N7S3. The maximum absolute atomic E-state index is 9.94. The highest BCUT2D eigenvalue weighted by Gasteiger charge is 2.31. The van der Waals surface area contributed by atoms with Crippen molar-refractivity contribution in [2.24, 2.45) is 0 Å². The Kier molecular flexibility index (Phi) is 10.9. The van der Waals surface area contributed by atoms with Gasteiger partial charge < -0.3 is 4.90 Å². The van der Waals surface area contributed by atoms with E-state index in [1.165, 1.54) is 23.5 Å². The van der Waals surface area contributed by atoms with E-state index >= 15 is 0 Å². The Morgan fingerprint density at radius 3 is 1.53 bits per heavy atom. The van der Waals surface area contributed by atoms with Gasteiger partial charge >= 0.3 is 0 Å². The Bertz CT molecular complexity index is 3100. The molecule has 0 unspecified atom stereocenters. The molecule has 10 heteroatoms. The maximum atomic E-state index is 9.94. The van der Waals surface area contributed by atoms with E-state index in [9.17, 15) is 10.5 Å². The largest absolute Gasteiger partial charge is 0.311 e. The third kappa shape index (κ3) is 7.98. The average Bonchev–Trinajstić information content (AvgIpc) is 3.97. The topological polar surface area (TPSA) is 102 Å². The number of rotatable bonds is 4. The van der Waals surface area contributed by atoms with E-state index in [4.69, 9.17) is 8.75 Å². The molecule has 0 atom stereocenters. The number of nitriles is 2. The lowest BCUT2D eigenvalue weighted by atomic mass is 10.00. The van der Waals surface area contributed by atoms with Crippen LogP contribution in [0.15, 0.2) is 172 Å². The fourth-order valence-corrected chi connectivity index (χ4v) is 9.67. The summed E-state index contributed by atoms with van der Waals surface area (Å²) in [5.74, 6) is 19.7. The smallest absolute Gasteiger partial charge is 0.150 e. The molecule has 60 heavy (non-hydrogen) atoms. The number of anilines is 3. The second-order valence-corrected chi connectivity index (χ2v) is 15.9. The van der Waals surface area contributed by atoms with Crippen molar-refractivity contribution in [3.8, 4) is 58.8 Å². The quantitative estimate of drug-likeness (QED) is 0.127. The molecule has 278 valence electrons. The highest BCUT2D eigenvalue weighted by Crippen LogP contribution is 2.58. The van der Waals surface area contributed by atoms with Crippen molar-refractivity contribution >= 4 is 63.3 Å². The number of para-hydroxylation sites is 2. The lowest BCUT2D eigenvalue weighted by Gasteiger charge is -2.25. The van der Waals surface area contributed by atoms with E-state index < -0.39 is 0 Å². The Morgan fingerprint density at radius 2 is 1.00 bits per heavy atom. The van der Waals surface area contributed by atoms with Gasteiger partial charge in [-0.3, -0.25) is 9.97 Å². The number of nitrogens with zero attached hydrogens (tertiary/aromatic N) is 7. The molecule has 0 spiro atoms. The van der Waals surface area contributed by atoms with Crippen molar-refractivity contribution < 1.29 is 0 Å². The van der Waals surface area contributed by atoms with Crippen LogP contribution in [0, 0.1) is 58.2 Å². The number of benzene rings is 5. The zero-order chi connectivity index (χ0) is 40.7.